The first-order chi connectivity index (χ1) is 9.15. The van der Waals surface area contributed by atoms with Gasteiger partial charge in [0.25, 0.3) is 0 Å². The monoisotopic (exact) mass is 259 g/mol. The maximum absolute atomic E-state index is 11.2. The second kappa shape index (κ2) is 6.50. The fourth-order valence-electron chi connectivity index (χ4n) is 2.71. The maximum atomic E-state index is 11.2. The van der Waals surface area contributed by atoms with Crippen LogP contribution in [0.3, 0.4) is 0 Å². The van der Waals surface area contributed by atoms with Gasteiger partial charge in [-0.2, -0.15) is 0 Å². The van der Waals surface area contributed by atoms with Crippen molar-refractivity contribution in [3.63, 3.8) is 0 Å². The first kappa shape index (κ1) is 13.8. The van der Waals surface area contributed by atoms with Crippen molar-refractivity contribution in [3.05, 3.63) is 57.8 Å². The molecule has 19 heavy (non-hydrogen) atoms. The molecule has 0 aromatic heterocycles. The number of benzene rings is 1. The topological polar surface area (TPSA) is 43.1 Å². The molecule has 102 valence electrons. The highest BCUT2D eigenvalue weighted by atomic mass is 16.6. The summed E-state index contributed by atoms with van der Waals surface area (Å²) in [5.41, 5.74) is 1.36. The van der Waals surface area contributed by atoms with Crippen molar-refractivity contribution in [3.8, 4) is 0 Å². The molecule has 2 rings (SSSR count). The zero-order chi connectivity index (χ0) is 13.7. The number of allylic oxidation sites excluding steroid dienone is 2. The van der Waals surface area contributed by atoms with E-state index in [1.54, 1.807) is 0 Å². The van der Waals surface area contributed by atoms with Crippen LogP contribution in [-0.4, -0.2) is 4.92 Å². The van der Waals surface area contributed by atoms with Crippen LogP contribution >= 0.6 is 0 Å². The molecule has 0 heterocycles. The third-order valence-corrected chi connectivity index (χ3v) is 3.95. The van der Waals surface area contributed by atoms with Crippen LogP contribution in [0.5, 0.6) is 0 Å². The van der Waals surface area contributed by atoms with Crippen LogP contribution in [0.25, 0.3) is 0 Å². The number of nitro groups is 1. The van der Waals surface area contributed by atoms with E-state index in [1.807, 2.05) is 36.4 Å². The largest absolute Gasteiger partial charge is 0.259 e. The van der Waals surface area contributed by atoms with E-state index in [1.165, 1.54) is 12.8 Å². The van der Waals surface area contributed by atoms with Gasteiger partial charge in [-0.25, -0.2) is 0 Å². The van der Waals surface area contributed by atoms with Crippen LogP contribution in [0, 0.1) is 22.0 Å². The second-order valence-electron chi connectivity index (χ2n) is 5.60. The first-order valence-corrected chi connectivity index (χ1v) is 7.04. The molecule has 0 amide bonds. The van der Waals surface area contributed by atoms with Crippen molar-refractivity contribution in [2.24, 2.45) is 11.8 Å². The molecule has 1 aromatic carbocycles. The molecule has 0 N–H and O–H groups in total. The van der Waals surface area contributed by atoms with Crippen LogP contribution in [0.1, 0.15) is 38.2 Å². The third kappa shape index (κ3) is 4.19. The molecule has 0 spiro atoms. The first-order valence-electron chi connectivity index (χ1n) is 7.04. The summed E-state index contributed by atoms with van der Waals surface area (Å²) in [5.74, 6) is 1.16. The molecule has 0 bridgehead atoms. The Morgan fingerprint density at radius 2 is 1.89 bits per heavy atom. The van der Waals surface area contributed by atoms with E-state index < -0.39 is 0 Å². The fourth-order valence-corrected chi connectivity index (χ4v) is 2.71. The average Bonchev–Trinajstić information content (AvgIpc) is 2.41. The Hall–Kier alpha value is -1.64. The lowest BCUT2D eigenvalue weighted by Gasteiger charge is -2.23. The van der Waals surface area contributed by atoms with E-state index in [0.717, 1.165) is 24.3 Å². The fraction of sp³-hybridized carbons (Fsp3) is 0.500. The van der Waals surface area contributed by atoms with E-state index >= 15 is 0 Å². The van der Waals surface area contributed by atoms with Crippen LogP contribution in [0.15, 0.2) is 42.1 Å². The summed E-state index contributed by atoms with van der Waals surface area (Å²) in [6.45, 7) is 2.26. The highest BCUT2D eigenvalue weighted by Gasteiger charge is 2.20. The van der Waals surface area contributed by atoms with E-state index in [9.17, 15) is 10.1 Å². The SMILES string of the molecule is CC1CCC(C=C(Cc2ccccc2)[N+](=O)[O-])CC1. The Kier molecular flexibility index (Phi) is 4.72. The normalized spacial score (nSPS) is 24.2. The average molecular weight is 259 g/mol. The predicted octanol–water partition coefficient (Wildman–Crippen LogP) is 4.22. The van der Waals surface area contributed by atoms with Gasteiger partial charge in [0.05, 0.1) is 11.3 Å². The summed E-state index contributed by atoms with van der Waals surface area (Å²) in [7, 11) is 0. The van der Waals surface area contributed by atoms with Gasteiger partial charge in [-0.1, -0.05) is 50.1 Å². The minimum absolute atomic E-state index is 0.217. The van der Waals surface area contributed by atoms with Gasteiger partial charge in [0.1, 0.15) is 0 Å². The van der Waals surface area contributed by atoms with Crippen LogP contribution in [0.4, 0.5) is 0 Å². The van der Waals surface area contributed by atoms with E-state index in [0.29, 0.717) is 18.0 Å². The highest BCUT2D eigenvalue weighted by molar-refractivity contribution is 5.19. The van der Waals surface area contributed by atoms with Gasteiger partial charge in [0.15, 0.2) is 0 Å². The molecule has 1 aliphatic rings. The molecule has 1 saturated carbocycles. The second-order valence-corrected chi connectivity index (χ2v) is 5.60. The lowest BCUT2D eigenvalue weighted by atomic mass is 9.82. The molecular formula is C16H21NO2. The van der Waals surface area contributed by atoms with Gasteiger partial charge < -0.3 is 0 Å². The molecule has 3 heteroatoms. The van der Waals surface area contributed by atoms with Gasteiger partial charge >= 0.3 is 0 Å². The van der Waals surface area contributed by atoms with Crippen molar-refractivity contribution in [2.45, 2.75) is 39.0 Å². The Morgan fingerprint density at radius 1 is 1.26 bits per heavy atom. The number of nitrogens with zero attached hydrogens (tertiary/aromatic N) is 1. The zero-order valence-electron chi connectivity index (χ0n) is 11.4. The van der Waals surface area contributed by atoms with Crippen LogP contribution < -0.4 is 0 Å². The minimum atomic E-state index is -0.217. The van der Waals surface area contributed by atoms with Gasteiger partial charge in [-0.3, -0.25) is 10.1 Å². The van der Waals surface area contributed by atoms with E-state index in [4.69, 9.17) is 0 Å². The molecule has 1 fully saturated rings. The van der Waals surface area contributed by atoms with Crippen LogP contribution in [-0.2, 0) is 6.42 Å². The Morgan fingerprint density at radius 3 is 2.47 bits per heavy atom. The quantitative estimate of drug-likeness (QED) is 0.600. The summed E-state index contributed by atoms with van der Waals surface area (Å²) in [6.07, 6.45) is 6.90. The van der Waals surface area contributed by atoms with Crippen molar-refractivity contribution >= 4 is 0 Å². The maximum Gasteiger partial charge on any atom is 0.246 e. The van der Waals surface area contributed by atoms with Crippen molar-refractivity contribution in [1.82, 2.24) is 0 Å². The lowest BCUT2D eigenvalue weighted by Crippen LogP contribution is -2.13. The summed E-state index contributed by atoms with van der Waals surface area (Å²) in [5, 5.41) is 11.2. The zero-order valence-corrected chi connectivity index (χ0v) is 11.4. The van der Waals surface area contributed by atoms with Gasteiger partial charge in [-0.15, -0.1) is 0 Å². The van der Waals surface area contributed by atoms with Crippen LogP contribution in [0.2, 0.25) is 0 Å². The molecule has 1 aliphatic carbocycles. The number of rotatable bonds is 4. The molecule has 1 aromatic rings. The number of hydrogen-bond acceptors (Lipinski definition) is 2. The Bertz CT molecular complexity index is 445. The molecule has 0 unspecified atom stereocenters. The smallest absolute Gasteiger partial charge is 0.246 e. The van der Waals surface area contributed by atoms with Gasteiger partial charge in [0, 0.05) is 0 Å². The highest BCUT2D eigenvalue weighted by Crippen LogP contribution is 2.30. The Labute approximate surface area is 114 Å². The standard InChI is InChI=1S/C16H21NO2/c1-13-7-9-15(10-8-13)12-16(17(18)19)11-14-5-3-2-4-6-14/h2-6,12-13,15H,7-11H2,1H3. The number of hydrogen-bond donors (Lipinski definition) is 0. The molecule has 3 nitrogen and oxygen atoms in total. The van der Waals surface area contributed by atoms with E-state index in [2.05, 4.69) is 6.92 Å². The van der Waals surface area contributed by atoms with Crippen molar-refractivity contribution in [1.29, 1.82) is 0 Å². The van der Waals surface area contributed by atoms with Gasteiger partial charge in [-0.05, 0) is 36.3 Å². The summed E-state index contributed by atoms with van der Waals surface area (Å²) in [6, 6.07) is 9.67. The lowest BCUT2D eigenvalue weighted by molar-refractivity contribution is -0.427. The van der Waals surface area contributed by atoms with Crippen molar-refractivity contribution in [2.75, 3.05) is 0 Å². The molecule has 0 atom stereocenters. The summed E-state index contributed by atoms with van der Waals surface area (Å²) in [4.78, 5) is 11.0. The third-order valence-electron chi connectivity index (χ3n) is 3.95. The molecule has 0 saturated heterocycles. The van der Waals surface area contributed by atoms with Crippen molar-refractivity contribution < 1.29 is 4.92 Å². The summed E-state index contributed by atoms with van der Waals surface area (Å²) >= 11 is 0. The summed E-state index contributed by atoms with van der Waals surface area (Å²) < 4.78 is 0. The van der Waals surface area contributed by atoms with Gasteiger partial charge in [0.2, 0.25) is 5.70 Å². The molecule has 0 radical (unpaired) electrons. The van der Waals surface area contributed by atoms with E-state index in [-0.39, 0.29) is 4.92 Å². The predicted molar refractivity (Wildman–Crippen MR) is 76.3 cm³/mol. The Balaban J connectivity index is 2.05. The molecular weight excluding hydrogens is 238 g/mol. The minimum Gasteiger partial charge on any atom is -0.259 e. The molecule has 0 aliphatic heterocycles.